The quantitative estimate of drug-likeness (QED) is 0.731. The van der Waals surface area contributed by atoms with Gasteiger partial charge in [-0.25, -0.2) is 13.8 Å². The monoisotopic (exact) mass is 298 g/mol. The van der Waals surface area contributed by atoms with Crippen LogP contribution in [-0.2, 0) is 0 Å². The Bertz CT molecular complexity index is 647. The molecule has 0 aliphatic heterocycles. The molecule has 1 saturated carbocycles. The molecule has 1 aromatic carbocycles. The molecular weight excluding hydrogens is 282 g/mol. The molecule has 5 heteroatoms. The van der Waals surface area contributed by atoms with Crippen LogP contribution in [0.2, 0.25) is 0 Å². The van der Waals surface area contributed by atoms with E-state index in [-0.39, 0.29) is 16.9 Å². The van der Waals surface area contributed by atoms with Crippen LogP contribution in [0.3, 0.4) is 0 Å². The molecule has 2 nitrogen and oxygen atoms in total. The Morgan fingerprint density at radius 2 is 2.00 bits per heavy atom. The first-order valence-corrected chi connectivity index (χ1v) is 7.43. The highest BCUT2D eigenvalue weighted by atomic mass is 35.5. The van der Waals surface area contributed by atoms with Gasteiger partial charge in [-0.2, -0.15) is 0 Å². The summed E-state index contributed by atoms with van der Waals surface area (Å²) < 4.78 is 29.4. The minimum Gasteiger partial charge on any atom is -0.323 e. The first-order valence-electron chi connectivity index (χ1n) is 7.00. The molecule has 0 spiro atoms. The van der Waals surface area contributed by atoms with E-state index >= 15 is 0 Å². The minimum absolute atomic E-state index is 0.158. The summed E-state index contributed by atoms with van der Waals surface area (Å²) in [7, 11) is 0. The Balaban J connectivity index is 2.22. The molecule has 2 aromatic rings. The molecule has 1 aromatic heterocycles. The van der Waals surface area contributed by atoms with Gasteiger partial charge >= 0.3 is 0 Å². The molecule has 1 fully saturated rings. The van der Waals surface area contributed by atoms with E-state index in [1.54, 1.807) is 6.92 Å². The molecule has 2 unspecified atom stereocenters. The molecule has 0 radical (unpaired) electrons. The van der Waals surface area contributed by atoms with Crippen molar-refractivity contribution in [1.82, 2.24) is 9.55 Å². The largest absolute Gasteiger partial charge is 0.323 e. The average molecular weight is 299 g/mol. The Morgan fingerprint density at radius 1 is 1.30 bits per heavy atom. The third kappa shape index (κ3) is 2.10. The highest BCUT2D eigenvalue weighted by Gasteiger charge is 2.29. The van der Waals surface area contributed by atoms with Gasteiger partial charge in [0.2, 0.25) is 0 Å². The van der Waals surface area contributed by atoms with Crippen LogP contribution in [0.15, 0.2) is 12.1 Å². The highest BCUT2D eigenvalue weighted by Crippen LogP contribution is 2.40. The predicted octanol–water partition coefficient (Wildman–Crippen LogP) is 4.98. The Labute approximate surface area is 121 Å². The van der Waals surface area contributed by atoms with Gasteiger partial charge in [0.15, 0.2) is 5.82 Å². The molecule has 1 heterocycles. The van der Waals surface area contributed by atoms with Gasteiger partial charge in [-0.05, 0) is 38.7 Å². The number of alkyl halides is 1. The number of halogens is 3. The maximum absolute atomic E-state index is 13.9. The van der Waals surface area contributed by atoms with E-state index in [1.807, 2.05) is 4.57 Å². The topological polar surface area (TPSA) is 17.8 Å². The Hall–Kier alpha value is -1.16. The van der Waals surface area contributed by atoms with Gasteiger partial charge in [0.05, 0.1) is 10.9 Å². The molecule has 1 aliphatic rings. The van der Waals surface area contributed by atoms with Crippen molar-refractivity contribution in [2.45, 2.75) is 44.5 Å². The van der Waals surface area contributed by atoms with Crippen LogP contribution in [0.4, 0.5) is 8.78 Å². The lowest BCUT2D eigenvalue weighted by Crippen LogP contribution is -2.24. The van der Waals surface area contributed by atoms with E-state index in [0.717, 1.165) is 18.9 Å². The zero-order chi connectivity index (χ0) is 14.4. The number of hydrogen-bond acceptors (Lipinski definition) is 1. The maximum atomic E-state index is 13.9. The zero-order valence-corrected chi connectivity index (χ0v) is 12.3. The molecule has 0 bridgehead atoms. The number of aromatic nitrogens is 2. The van der Waals surface area contributed by atoms with Crippen molar-refractivity contribution in [3.8, 4) is 0 Å². The van der Waals surface area contributed by atoms with Crippen molar-refractivity contribution >= 4 is 22.6 Å². The van der Waals surface area contributed by atoms with E-state index in [1.165, 1.54) is 12.5 Å². The van der Waals surface area contributed by atoms with Crippen LogP contribution >= 0.6 is 11.6 Å². The first-order chi connectivity index (χ1) is 9.49. The van der Waals surface area contributed by atoms with Crippen molar-refractivity contribution in [2.75, 3.05) is 0 Å². The molecule has 2 atom stereocenters. The third-order valence-corrected chi connectivity index (χ3v) is 4.53. The smallest absolute Gasteiger partial charge is 0.153 e. The van der Waals surface area contributed by atoms with Gasteiger partial charge in [-0.3, -0.25) is 0 Å². The van der Waals surface area contributed by atoms with Crippen LogP contribution in [0, 0.1) is 17.6 Å². The van der Waals surface area contributed by atoms with Gasteiger partial charge < -0.3 is 4.57 Å². The summed E-state index contributed by atoms with van der Waals surface area (Å²) in [6.45, 7) is 3.89. The molecular formula is C15H17ClF2N2. The normalized spacial score (nSPS) is 19.1. The summed E-state index contributed by atoms with van der Waals surface area (Å²) in [5.74, 6) is -0.0534. The fourth-order valence-corrected chi connectivity index (χ4v) is 3.13. The summed E-state index contributed by atoms with van der Waals surface area (Å²) in [5.41, 5.74) is 0.712. The molecule has 108 valence electrons. The van der Waals surface area contributed by atoms with Gasteiger partial charge in [0.1, 0.15) is 17.2 Å². The first kappa shape index (κ1) is 13.8. The minimum atomic E-state index is -0.627. The lowest BCUT2D eigenvalue weighted by molar-refractivity contribution is 0.222. The summed E-state index contributed by atoms with van der Waals surface area (Å²) in [4.78, 5) is 4.30. The second-order valence-corrected chi connectivity index (χ2v) is 6.30. The van der Waals surface area contributed by atoms with Crippen molar-refractivity contribution in [3.05, 3.63) is 29.6 Å². The van der Waals surface area contributed by atoms with E-state index in [2.05, 4.69) is 11.9 Å². The van der Waals surface area contributed by atoms with Crippen molar-refractivity contribution < 1.29 is 8.78 Å². The van der Waals surface area contributed by atoms with Crippen LogP contribution in [-0.4, -0.2) is 9.55 Å². The SMILES string of the molecule is CC(Cl)c1nc2c(F)cc(F)cc2n1C(C)C1CCC1. The zero-order valence-electron chi connectivity index (χ0n) is 11.5. The lowest BCUT2D eigenvalue weighted by Gasteiger charge is -2.33. The summed E-state index contributed by atoms with van der Waals surface area (Å²) >= 11 is 6.18. The summed E-state index contributed by atoms with van der Waals surface area (Å²) in [6, 6.07) is 2.38. The number of rotatable bonds is 3. The van der Waals surface area contributed by atoms with Crippen LogP contribution in [0.5, 0.6) is 0 Å². The number of fused-ring (bicyclic) bond motifs is 1. The highest BCUT2D eigenvalue weighted by molar-refractivity contribution is 6.20. The third-order valence-electron chi connectivity index (χ3n) is 4.34. The average Bonchev–Trinajstić information content (AvgIpc) is 2.65. The van der Waals surface area contributed by atoms with Gasteiger partial charge in [-0.1, -0.05) is 6.42 Å². The number of benzene rings is 1. The summed E-state index contributed by atoms with van der Waals surface area (Å²) in [6.07, 6.45) is 3.51. The van der Waals surface area contributed by atoms with Crippen molar-refractivity contribution in [2.24, 2.45) is 5.92 Å². The molecule has 3 rings (SSSR count). The van der Waals surface area contributed by atoms with Crippen LogP contribution in [0.25, 0.3) is 11.0 Å². The maximum Gasteiger partial charge on any atom is 0.153 e. The van der Waals surface area contributed by atoms with E-state index < -0.39 is 11.6 Å². The Morgan fingerprint density at radius 3 is 2.55 bits per heavy atom. The molecule has 0 N–H and O–H groups in total. The van der Waals surface area contributed by atoms with Gasteiger partial charge in [-0.15, -0.1) is 11.6 Å². The molecule has 20 heavy (non-hydrogen) atoms. The second-order valence-electron chi connectivity index (χ2n) is 5.64. The van der Waals surface area contributed by atoms with Crippen molar-refractivity contribution in [1.29, 1.82) is 0 Å². The fraction of sp³-hybridized carbons (Fsp3) is 0.533. The number of nitrogens with zero attached hydrogens (tertiary/aromatic N) is 2. The summed E-state index contributed by atoms with van der Waals surface area (Å²) in [5, 5.41) is -0.340. The molecule has 0 saturated heterocycles. The Kier molecular flexibility index (Phi) is 3.44. The van der Waals surface area contributed by atoms with Gasteiger partial charge in [0, 0.05) is 12.1 Å². The predicted molar refractivity (Wildman–Crippen MR) is 76.0 cm³/mol. The van der Waals surface area contributed by atoms with E-state index in [0.29, 0.717) is 17.3 Å². The fourth-order valence-electron chi connectivity index (χ4n) is 2.98. The van der Waals surface area contributed by atoms with Crippen molar-refractivity contribution in [3.63, 3.8) is 0 Å². The standard InChI is InChI=1S/C15H17ClF2N2/c1-8(16)15-19-14-12(18)6-11(17)7-13(14)20(15)9(2)10-4-3-5-10/h6-10H,3-5H2,1-2H3. The van der Waals surface area contributed by atoms with Crippen LogP contribution < -0.4 is 0 Å². The van der Waals surface area contributed by atoms with E-state index in [9.17, 15) is 8.78 Å². The van der Waals surface area contributed by atoms with Gasteiger partial charge in [0.25, 0.3) is 0 Å². The number of hydrogen-bond donors (Lipinski definition) is 0. The lowest BCUT2D eigenvalue weighted by atomic mass is 9.80. The van der Waals surface area contributed by atoms with E-state index in [4.69, 9.17) is 11.6 Å². The second kappa shape index (κ2) is 4.99. The molecule has 1 aliphatic carbocycles. The number of imidazole rings is 1. The molecule has 0 amide bonds. The van der Waals surface area contributed by atoms with Crippen LogP contribution in [0.1, 0.15) is 50.4 Å².